The first-order chi connectivity index (χ1) is 11.9. The van der Waals surface area contributed by atoms with E-state index in [0.717, 1.165) is 12.0 Å². The average molecular weight is 398 g/mol. The highest BCUT2D eigenvalue weighted by Gasteiger charge is 2.16. The van der Waals surface area contributed by atoms with E-state index in [1.807, 2.05) is 30.3 Å². The van der Waals surface area contributed by atoms with Crippen molar-refractivity contribution >= 4 is 28.3 Å². The van der Waals surface area contributed by atoms with Crippen LogP contribution >= 0.6 is 12.4 Å². The lowest BCUT2D eigenvalue weighted by molar-refractivity contribution is 0.0762. The van der Waals surface area contributed by atoms with Gasteiger partial charge in [0.25, 0.3) is 5.91 Å². The SMILES string of the molecule is Cl.NCCN(CCc1ccccc1)C(=O)c1cccc(CS(N)(=O)=O)c1. The zero-order chi connectivity index (χ0) is 18.3. The first kappa shape index (κ1) is 22.1. The van der Waals surface area contributed by atoms with Gasteiger partial charge in [-0.3, -0.25) is 4.79 Å². The fourth-order valence-electron chi connectivity index (χ4n) is 2.59. The van der Waals surface area contributed by atoms with Gasteiger partial charge >= 0.3 is 0 Å². The van der Waals surface area contributed by atoms with Gasteiger partial charge in [-0.1, -0.05) is 42.5 Å². The first-order valence-corrected chi connectivity index (χ1v) is 9.73. The molecule has 6 nitrogen and oxygen atoms in total. The highest BCUT2D eigenvalue weighted by molar-refractivity contribution is 7.88. The van der Waals surface area contributed by atoms with Gasteiger partial charge in [0.15, 0.2) is 0 Å². The molecule has 1 amide bonds. The third-order valence-corrected chi connectivity index (χ3v) is 4.48. The molecule has 26 heavy (non-hydrogen) atoms. The van der Waals surface area contributed by atoms with Crippen molar-refractivity contribution < 1.29 is 13.2 Å². The Hall–Kier alpha value is -1.93. The smallest absolute Gasteiger partial charge is 0.253 e. The molecule has 0 atom stereocenters. The molecule has 0 spiro atoms. The van der Waals surface area contributed by atoms with Gasteiger partial charge < -0.3 is 10.6 Å². The van der Waals surface area contributed by atoms with Crippen LogP contribution in [0.5, 0.6) is 0 Å². The third-order valence-electron chi connectivity index (χ3n) is 3.74. The molecule has 0 aromatic heterocycles. The molecule has 0 unspecified atom stereocenters. The number of rotatable bonds is 8. The molecule has 2 aromatic carbocycles. The number of carbonyl (C=O) groups is 1. The number of halogens is 1. The predicted molar refractivity (Wildman–Crippen MR) is 106 cm³/mol. The molecule has 142 valence electrons. The van der Waals surface area contributed by atoms with Gasteiger partial charge in [-0.05, 0) is 29.7 Å². The van der Waals surface area contributed by atoms with Crippen molar-refractivity contribution in [1.29, 1.82) is 0 Å². The molecule has 2 aromatic rings. The fraction of sp³-hybridized carbons (Fsp3) is 0.278. The summed E-state index contributed by atoms with van der Waals surface area (Å²) >= 11 is 0. The van der Waals surface area contributed by atoms with E-state index in [1.165, 1.54) is 0 Å². The number of primary sulfonamides is 1. The van der Waals surface area contributed by atoms with E-state index in [9.17, 15) is 13.2 Å². The van der Waals surface area contributed by atoms with Gasteiger partial charge in [-0.15, -0.1) is 12.4 Å². The summed E-state index contributed by atoms with van der Waals surface area (Å²) in [6, 6.07) is 16.4. The van der Waals surface area contributed by atoms with E-state index >= 15 is 0 Å². The van der Waals surface area contributed by atoms with E-state index in [1.54, 1.807) is 29.2 Å². The number of nitrogens with two attached hydrogens (primary N) is 2. The number of hydrogen-bond acceptors (Lipinski definition) is 4. The van der Waals surface area contributed by atoms with Gasteiger partial charge in [0.05, 0.1) is 5.75 Å². The Labute approximate surface area is 160 Å². The Morgan fingerprint density at radius 1 is 0.962 bits per heavy atom. The molecule has 0 fully saturated rings. The minimum absolute atomic E-state index is 0. The lowest BCUT2D eigenvalue weighted by Crippen LogP contribution is -2.37. The molecule has 0 aliphatic rings. The normalized spacial score (nSPS) is 10.8. The second-order valence-electron chi connectivity index (χ2n) is 5.82. The summed E-state index contributed by atoms with van der Waals surface area (Å²) in [5, 5.41) is 5.07. The lowest BCUT2D eigenvalue weighted by Gasteiger charge is -2.22. The van der Waals surface area contributed by atoms with Crippen LogP contribution in [0.3, 0.4) is 0 Å². The summed E-state index contributed by atoms with van der Waals surface area (Å²) in [4.78, 5) is 14.4. The van der Waals surface area contributed by atoms with Gasteiger partial charge in [0, 0.05) is 25.2 Å². The van der Waals surface area contributed by atoms with Crippen molar-refractivity contribution in [2.45, 2.75) is 12.2 Å². The minimum atomic E-state index is -3.64. The van der Waals surface area contributed by atoms with Crippen LogP contribution in [0.15, 0.2) is 54.6 Å². The minimum Gasteiger partial charge on any atom is -0.337 e. The topological polar surface area (TPSA) is 106 Å². The molecule has 8 heteroatoms. The summed E-state index contributed by atoms with van der Waals surface area (Å²) in [7, 11) is -3.64. The number of benzene rings is 2. The van der Waals surface area contributed by atoms with Crippen LogP contribution in [-0.4, -0.2) is 38.9 Å². The van der Waals surface area contributed by atoms with Crippen LogP contribution in [0.1, 0.15) is 21.5 Å². The lowest BCUT2D eigenvalue weighted by atomic mass is 10.1. The quantitative estimate of drug-likeness (QED) is 0.704. The van der Waals surface area contributed by atoms with Crippen LogP contribution < -0.4 is 10.9 Å². The standard InChI is InChI=1S/C18H23N3O3S.ClH/c19-10-12-21(11-9-15-5-2-1-3-6-15)18(22)17-8-4-7-16(13-17)14-25(20,23)24;/h1-8,13H,9-12,14,19H2,(H2,20,23,24);1H. The second-order valence-corrected chi connectivity index (χ2v) is 7.44. The Kier molecular flexibility index (Phi) is 8.74. The Morgan fingerprint density at radius 2 is 1.62 bits per heavy atom. The Balaban J connectivity index is 0.00000338. The first-order valence-electron chi connectivity index (χ1n) is 8.02. The van der Waals surface area contributed by atoms with Crippen molar-refractivity contribution in [3.63, 3.8) is 0 Å². The molecule has 0 heterocycles. The molecular weight excluding hydrogens is 374 g/mol. The third kappa shape index (κ3) is 7.13. The Morgan fingerprint density at radius 3 is 2.23 bits per heavy atom. The van der Waals surface area contributed by atoms with Crippen molar-refractivity contribution in [3.8, 4) is 0 Å². The van der Waals surface area contributed by atoms with E-state index in [4.69, 9.17) is 10.9 Å². The summed E-state index contributed by atoms with van der Waals surface area (Å²) < 4.78 is 22.5. The average Bonchev–Trinajstić information content (AvgIpc) is 2.57. The number of sulfonamides is 1. The van der Waals surface area contributed by atoms with E-state index in [0.29, 0.717) is 30.8 Å². The predicted octanol–water partition coefficient (Wildman–Crippen LogP) is 1.54. The van der Waals surface area contributed by atoms with E-state index in [-0.39, 0.29) is 24.1 Å². The molecule has 4 N–H and O–H groups in total. The molecule has 2 rings (SSSR count). The zero-order valence-electron chi connectivity index (χ0n) is 14.4. The van der Waals surface area contributed by atoms with E-state index < -0.39 is 10.0 Å². The Bertz CT molecular complexity index is 813. The van der Waals surface area contributed by atoms with Gasteiger partial charge in [-0.2, -0.15) is 0 Å². The molecule has 0 bridgehead atoms. The van der Waals surface area contributed by atoms with Crippen LogP contribution in [0.25, 0.3) is 0 Å². The van der Waals surface area contributed by atoms with Gasteiger partial charge in [-0.25, -0.2) is 13.6 Å². The maximum atomic E-state index is 12.8. The molecule has 0 saturated heterocycles. The van der Waals surface area contributed by atoms with Crippen LogP contribution in [0.4, 0.5) is 0 Å². The number of carbonyl (C=O) groups excluding carboxylic acids is 1. The summed E-state index contributed by atoms with van der Waals surface area (Å²) in [5.41, 5.74) is 7.70. The van der Waals surface area contributed by atoms with Gasteiger partial charge in [0.2, 0.25) is 10.0 Å². The second kappa shape index (κ2) is 10.3. The highest BCUT2D eigenvalue weighted by Crippen LogP contribution is 2.11. The van der Waals surface area contributed by atoms with Crippen molar-refractivity contribution in [3.05, 3.63) is 71.3 Å². The fourth-order valence-corrected chi connectivity index (χ4v) is 3.23. The molecule has 0 saturated carbocycles. The molecular formula is C18H24ClN3O3S. The van der Waals surface area contributed by atoms with Gasteiger partial charge in [0.1, 0.15) is 0 Å². The summed E-state index contributed by atoms with van der Waals surface area (Å²) in [6.45, 7) is 1.34. The molecule has 0 aliphatic carbocycles. The van der Waals surface area contributed by atoms with Crippen molar-refractivity contribution in [2.24, 2.45) is 10.9 Å². The monoisotopic (exact) mass is 397 g/mol. The van der Waals surface area contributed by atoms with Crippen molar-refractivity contribution in [1.82, 2.24) is 4.90 Å². The summed E-state index contributed by atoms with van der Waals surface area (Å²) in [5.74, 6) is -0.465. The highest BCUT2D eigenvalue weighted by atomic mass is 35.5. The summed E-state index contributed by atoms with van der Waals surface area (Å²) in [6.07, 6.45) is 0.726. The zero-order valence-corrected chi connectivity index (χ0v) is 16.0. The van der Waals surface area contributed by atoms with Crippen molar-refractivity contribution in [2.75, 3.05) is 19.6 Å². The maximum absolute atomic E-state index is 12.8. The molecule has 0 aliphatic heterocycles. The maximum Gasteiger partial charge on any atom is 0.253 e. The van der Waals surface area contributed by atoms with Crippen LogP contribution in [-0.2, 0) is 22.2 Å². The largest absolute Gasteiger partial charge is 0.337 e. The molecule has 0 radical (unpaired) electrons. The number of nitrogens with zero attached hydrogens (tertiary/aromatic N) is 1. The van der Waals surface area contributed by atoms with Crippen LogP contribution in [0, 0.1) is 0 Å². The van der Waals surface area contributed by atoms with E-state index in [2.05, 4.69) is 0 Å². The number of hydrogen-bond donors (Lipinski definition) is 2. The van der Waals surface area contributed by atoms with Crippen LogP contribution in [0.2, 0.25) is 0 Å². The number of amides is 1.